The molecule has 0 unspecified atom stereocenters. The van der Waals surface area contributed by atoms with Crippen molar-refractivity contribution in [3.63, 3.8) is 0 Å². The molecule has 4 aliphatic rings. The molecule has 7 rings (SSSR count). The van der Waals surface area contributed by atoms with Gasteiger partial charge in [0.15, 0.2) is 0 Å². The summed E-state index contributed by atoms with van der Waals surface area (Å²) in [6.07, 6.45) is 6.06. The van der Waals surface area contributed by atoms with Crippen LogP contribution in [0.2, 0.25) is 0 Å². The molecule has 6 heterocycles. The molecule has 142 valence electrons. The van der Waals surface area contributed by atoms with Gasteiger partial charge in [-0.3, -0.25) is 9.69 Å². The Bertz CT molecular complexity index is 1020. The van der Waals surface area contributed by atoms with E-state index in [0.29, 0.717) is 23.9 Å². The maximum absolute atomic E-state index is 13.7. The van der Waals surface area contributed by atoms with E-state index in [4.69, 9.17) is 0 Å². The first-order chi connectivity index (χ1) is 13.8. The fraction of sp³-hybridized carbons (Fsp3) is 0.391. The SMILES string of the molecule is O=C(c1cnn2ccccc12)N1C[C@H](c2ccccc2)[C@@H]2[C@H]1C1CCN2CC1. The molecule has 5 nitrogen and oxygen atoms in total. The van der Waals surface area contributed by atoms with E-state index in [9.17, 15) is 4.79 Å². The molecule has 2 aromatic heterocycles. The van der Waals surface area contributed by atoms with Crippen molar-refractivity contribution in [2.75, 3.05) is 19.6 Å². The minimum atomic E-state index is 0.142. The van der Waals surface area contributed by atoms with Crippen molar-refractivity contribution in [3.05, 3.63) is 72.1 Å². The molecule has 4 aliphatic heterocycles. The van der Waals surface area contributed by atoms with Crippen LogP contribution in [0, 0.1) is 5.92 Å². The van der Waals surface area contributed by atoms with Gasteiger partial charge in [0.05, 0.1) is 23.3 Å². The van der Waals surface area contributed by atoms with E-state index in [1.807, 2.05) is 24.4 Å². The monoisotopic (exact) mass is 372 g/mol. The molecule has 0 N–H and O–H groups in total. The van der Waals surface area contributed by atoms with Crippen molar-refractivity contribution < 1.29 is 4.79 Å². The van der Waals surface area contributed by atoms with Crippen LogP contribution in [-0.2, 0) is 0 Å². The molecule has 2 bridgehead atoms. The molecule has 1 amide bonds. The number of carbonyl (C=O) groups excluding carboxylic acids is 1. The third-order valence-electron chi connectivity index (χ3n) is 7.14. The topological polar surface area (TPSA) is 40.9 Å². The van der Waals surface area contributed by atoms with E-state index < -0.39 is 0 Å². The van der Waals surface area contributed by atoms with Crippen LogP contribution in [-0.4, -0.2) is 57.0 Å². The molecule has 0 saturated carbocycles. The highest BCUT2D eigenvalue weighted by Crippen LogP contribution is 2.47. The summed E-state index contributed by atoms with van der Waals surface area (Å²) in [6.45, 7) is 3.15. The number of piperidine rings is 3. The Morgan fingerprint density at radius 2 is 1.75 bits per heavy atom. The van der Waals surface area contributed by atoms with Gasteiger partial charge in [0.25, 0.3) is 5.91 Å². The molecule has 3 atom stereocenters. The number of nitrogens with zero attached hydrogens (tertiary/aromatic N) is 4. The Balaban J connectivity index is 1.42. The summed E-state index contributed by atoms with van der Waals surface area (Å²) in [5.74, 6) is 1.15. The molecule has 0 radical (unpaired) electrons. The Hall–Kier alpha value is -2.66. The molecular formula is C23H24N4O. The smallest absolute Gasteiger partial charge is 0.258 e. The Morgan fingerprint density at radius 1 is 0.964 bits per heavy atom. The summed E-state index contributed by atoms with van der Waals surface area (Å²) in [6, 6.07) is 17.4. The lowest BCUT2D eigenvalue weighted by Gasteiger charge is -2.51. The number of benzene rings is 1. The van der Waals surface area contributed by atoms with Gasteiger partial charge in [0.1, 0.15) is 0 Å². The lowest BCUT2D eigenvalue weighted by Crippen LogP contribution is -2.60. The number of pyridine rings is 1. The van der Waals surface area contributed by atoms with E-state index in [2.05, 4.69) is 45.2 Å². The van der Waals surface area contributed by atoms with Crippen molar-refractivity contribution in [1.29, 1.82) is 0 Å². The van der Waals surface area contributed by atoms with Crippen LogP contribution in [0.25, 0.3) is 5.52 Å². The number of hydrogen-bond acceptors (Lipinski definition) is 3. The summed E-state index contributed by atoms with van der Waals surface area (Å²) in [5.41, 5.74) is 2.98. The fourth-order valence-corrected chi connectivity index (χ4v) is 5.90. The van der Waals surface area contributed by atoms with E-state index in [0.717, 1.165) is 17.6 Å². The van der Waals surface area contributed by atoms with Crippen LogP contribution in [0.1, 0.15) is 34.7 Å². The average Bonchev–Trinajstić information content (AvgIpc) is 3.38. The lowest BCUT2D eigenvalue weighted by molar-refractivity contribution is -0.00334. The van der Waals surface area contributed by atoms with Gasteiger partial charge in [-0.1, -0.05) is 36.4 Å². The van der Waals surface area contributed by atoms with Gasteiger partial charge in [-0.05, 0) is 49.5 Å². The first-order valence-electron chi connectivity index (χ1n) is 10.3. The quantitative estimate of drug-likeness (QED) is 0.694. The molecule has 28 heavy (non-hydrogen) atoms. The molecule has 0 aliphatic carbocycles. The van der Waals surface area contributed by atoms with Crippen molar-refractivity contribution in [2.24, 2.45) is 5.92 Å². The van der Waals surface area contributed by atoms with E-state index >= 15 is 0 Å². The number of aromatic nitrogens is 2. The van der Waals surface area contributed by atoms with Crippen LogP contribution >= 0.6 is 0 Å². The van der Waals surface area contributed by atoms with Crippen LogP contribution in [0.4, 0.5) is 0 Å². The normalized spacial score (nSPS) is 31.3. The van der Waals surface area contributed by atoms with Gasteiger partial charge in [0.2, 0.25) is 0 Å². The summed E-state index contributed by atoms with van der Waals surface area (Å²) >= 11 is 0. The van der Waals surface area contributed by atoms with Crippen LogP contribution in [0.5, 0.6) is 0 Å². The zero-order chi connectivity index (χ0) is 18.7. The Morgan fingerprint density at radius 3 is 2.57 bits per heavy atom. The lowest BCUT2D eigenvalue weighted by atomic mass is 9.75. The second-order valence-electron chi connectivity index (χ2n) is 8.42. The number of rotatable bonds is 2. The minimum absolute atomic E-state index is 0.142. The molecular weight excluding hydrogens is 348 g/mol. The van der Waals surface area contributed by atoms with Gasteiger partial charge in [-0.25, -0.2) is 4.52 Å². The highest BCUT2D eigenvalue weighted by molar-refractivity contribution is 6.01. The highest BCUT2D eigenvalue weighted by Gasteiger charge is 2.54. The highest BCUT2D eigenvalue weighted by atomic mass is 16.2. The average molecular weight is 372 g/mol. The van der Waals surface area contributed by atoms with Gasteiger partial charge >= 0.3 is 0 Å². The summed E-state index contributed by atoms with van der Waals surface area (Å²) < 4.78 is 1.80. The maximum atomic E-state index is 13.7. The number of carbonyl (C=O) groups is 1. The van der Waals surface area contributed by atoms with Crippen LogP contribution < -0.4 is 0 Å². The number of fused-ring (bicyclic) bond motifs is 3. The zero-order valence-electron chi connectivity index (χ0n) is 15.8. The zero-order valence-corrected chi connectivity index (χ0v) is 15.8. The van der Waals surface area contributed by atoms with Crippen molar-refractivity contribution >= 4 is 11.4 Å². The molecule has 0 spiro atoms. The second kappa shape index (κ2) is 6.17. The number of hydrogen-bond donors (Lipinski definition) is 0. The third kappa shape index (κ3) is 2.29. The maximum Gasteiger partial charge on any atom is 0.258 e. The van der Waals surface area contributed by atoms with Gasteiger partial charge < -0.3 is 4.90 Å². The van der Waals surface area contributed by atoms with E-state index in [1.165, 1.54) is 31.5 Å². The van der Waals surface area contributed by atoms with Crippen molar-refractivity contribution in [1.82, 2.24) is 19.4 Å². The Kier molecular flexibility index (Phi) is 3.60. The first-order valence-corrected chi connectivity index (χ1v) is 10.3. The second-order valence-corrected chi connectivity index (χ2v) is 8.42. The predicted molar refractivity (Wildman–Crippen MR) is 107 cm³/mol. The number of amides is 1. The van der Waals surface area contributed by atoms with E-state index in [1.54, 1.807) is 10.7 Å². The molecule has 5 heteroatoms. The van der Waals surface area contributed by atoms with Gasteiger partial charge in [-0.15, -0.1) is 0 Å². The minimum Gasteiger partial charge on any atom is -0.333 e. The molecule has 1 aromatic carbocycles. The Labute approximate surface area is 164 Å². The fourth-order valence-electron chi connectivity index (χ4n) is 5.90. The van der Waals surface area contributed by atoms with Gasteiger partial charge in [-0.2, -0.15) is 5.10 Å². The summed E-state index contributed by atoms with van der Waals surface area (Å²) in [4.78, 5) is 18.5. The third-order valence-corrected chi connectivity index (χ3v) is 7.14. The van der Waals surface area contributed by atoms with E-state index in [-0.39, 0.29) is 5.91 Å². The standard InChI is InChI=1S/C23H24N4O/c28-23(18-14-24-27-11-5-4-8-20(18)27)26-15-19(16-6-2-1-3-7-16)22-21(26)17-9-12-25(22)13-10-17/h1-8,11,14,17,19,21-22H,9-10,12-13,15H2/t19-,21-,22-/m1/s1. The predicted octanol–water partition coefficient (Wildman–Crippen LogP) is 3.04. The van der Waals surface area contributed by atoms with Crippen LogP contribution in [0.3, 0.4) is 0 Å². The molecule has 3 aromatic rings. The van der Waals surface area contributed by atoms with Crippen molar-refractivity contribution in [3.8, 4) is 0 Å². The van der Waals surface area contributed by atoms with Gasteiger partial charge in [0, 0.05) is 24.7 Å². The summed E-state index contributed by atoms with van der Waals surface area (Å²) in [7, 11) is 0. The summed E-state index contributed by atoms with van der Waals surface area (Å²) in [5, 5.41) is 4.40. The largest absolute Gasteiger partial charge is 0.333 e. The molecule has 4 saturated heterocycles. The first kappa shape index (κ1) is 16.3. The number of likely N-dealkylation sites (tertiary alicyclic amines) is 1. The molecule has 4 fully saturated rings. The van der Waals surface area contributed by atoms with Crippen molar-refractivity contribution in [2.45, 2.75) is 30.8 Å². The van der Waals surface area contributed by atoms with Crippen LogP contribution in [0.15, 0.2) is 60.9 Å².